The van der Waals surface area contributed by atoms with Crippen molar-refractivity contribution < 1.29 is 23.5 Å². The molecule has 0 bridgehead atoms. The lowest BCUT2D eigenvalue weighted by Gasteiger charge is -2.22. The lowest BCUT2D eigenvalue weighted by Crippen LogP contribution is -2.38. The fourth-order valence-electron chi connectivity index (χ4n) is 3.66. The summed E-state index contributed by atoms with van der Waals surface area (Å²) in [4.78, 5) is 37.0. The number of rotatable bonds is 6. The van der Waals surface area contributed by atoms with E-state index in [9.17, 15) is 14.4 Å². The maximum absolute atomic E-state index is 12.5. The summed E-state index contributed by atoms with van der Waals surface area (Å²) in [5.41, 5.74) is -0.535. The number of ether oxygens (including phenoxy) is 2. The van der Waals surface area contributed by atoms with Crippen molar-refractivity contribution in [1.82, 2.24) is 5.32 Å². The largest absolute Gasteiger partial charge is 0.482 e. The van der Waals surface area contributed by atoms with E-state index in [-0.39, 0.29) is 29.5 Å². The zero-order valence-electron chi connectivity index (χ0n) is 17.3. The van der Waals surface area contributed by atoms with Gasteiger partial charge in [0, 0.05) is 22.0 Å². The molecule has 0 spiro atoms. The first-order valence-corrected chi connectivity index (χ1v) is 11.2. The average molecular weight is 500 g/mol. The summed E-state index contributed by atoms with van der Waals surface area (Å²) in [6, 6.07) is 13.3. The van der Waals surface area contributed by atoms with Crippen molar-refractivity contribution in [3.63, 3.8) is 0 Å². The van der Waals surface area contributed by atoms with E-state index >= 15 is 0 Å². The molecule has 0 aliphatic heterocycles. The minimum absolute atomic E-state index is 0.0317. The summed E-state index contributed by atoms with van der Waals surface area (Å²) in [5, 5.41) is 3.48. The van der Waals surface area contributed by atoms with Crippen molar-refractivity contribution in [2.45, 2.75) is 38.1 Å². The molecule has 0 atom stereocenters. The first-order chi connectivity index (χ1) is 15.5. The molecule has 3 aromatic rings. The van der Waals surface area contributed by atoms with Crippen LogP contribution in [-0.2, 0) is 4.79 Å². The second-order valence-corrected chi connectivity index (χ2v) is 8.59. The molecule has 1 heterocycles. The molecule has 32 heavy (non-hydrogen) atoms. The topological polar surface area (TPSA) is 94.8 Å². The fraction of sp³-hybridized carbons (Fsp3) is 0.292. The van der Waals surface area contributed by atoms with Crippen LogP contribution in [0.4, 0.5) is 0 Å². The van der Waals surface area contributed by atoms with E-state index in [4.69, 9.17) is 13.9 Å². The molecule has 1 saturated carbocycles. The van der Waals surface area contributed by atoms with Gasteiger partial charge in [-0.15, -0.1) is 0 Å². The van der Waals surface area contributed by atoms with E-state index in [1.807, 2.05) is 0 Å². The van der Waals surface area contributed by atoms with Gasteiger partial charge in [-0.2, -0.15) is 0 Å². The molecule has 0 saturated heterocycles. The summed E-state index contributed by atoms with van der Waals surface area (Å²) < 4.78 is 16.9. The van der Waals surface area contributed by atoms with Crippen LogP contribution in [0, 0.1) is 0 Å². The zero-order chi connectivity index (χ0) is 22.5. The number of carbonyl (C=O) groups excluding carboxylic acids is 2. The molecule has 0 radical (unpaired) electrons. The number of fused-ring (bicyclic) bond motifs is 1. The molecule has 1 aliphatic carbocycles. The van der Waals surface area contributed by atoms with Gasteiger partial charge in [-0.05, 0) is 55.3 Å². The first-order valence-electron chi connectivity index (χ1n) is 10.5. The molecular weight excluding hydrogens is 478 g/mol. The Labute approximate surface area is 192 Å². The maximum atomic E-state index is 12.5. The smallest absolute Gasteiger partial charge is 0.349 e. The Kier molecular flexibility index (Phi) is 6.90. The van der Waals surface area contributed by atoms with Crippen molar-refractivity contribution in [1.29, 1.82) is 0 Å². The third kappa shape index (κ3) is 5.56. The Morgan fingerprint density at radius 1 is 1.00 bits per heavy atom. The lowest BCUT2D eigenvalue weighted by atomic mass is 9.95. The quantitative estimate of drug-likeness (QED) is 0.302. The van der Waals surface area contributed by atoms with Gasteiger partial charge in [-0.25, -0.2) is 9.59 Å². The summed E-state index contributed by atoms with van der Waals surface area (Å²) in [7, 11) is 0. The molecule has 1 aromatic heterocycles. The Morgan fingerprint density at radius 2 is 1.72 bits per heavy atom. The standard InChI is InChI=1S/C24H22BrNO6/c25-16-7-10-18(11-8-16)30-14-22(27)31-19-9-6-15-12-20(24(29)32-21(15)13-19)23(28)26-17-4-2-1-3-5-17/h6-13,17H,1-5,14H2,(H,26,28). The van der Waals surface area contributed by atoms with Crippen LogP contribution >= 0.6 is 15.9 Å². The minimum atomic E-state index is -0.729. The van der Waals surface area contributed by atoms with Crippen LogP contribution in [0.25, 0.3) is 11.0 Å². The highest BCUT2D eigenvalue weighted by molar-refractivity contribution is 9.10. The SMILES string of the molecule is O=C(COc1ccc(Br)cc1)Oc1ccc2cc(C(=O)NC3CCCCC3)c(=O)oc2c1. The van der Waals surface area contributed by atoms with E-state index in [0.29, 0.717) is 11.1 Å². The molecule has 0 unspecified atom stereocenters. The minimum Gasteiger partial charge on any atom is -0.482 e. The second kappa shape index (κ2) is 9.99. The van der Waals surface area contributed by atoms with Crippen LogP contribution in [0.5, 0.6) is 11.5 Å². The number of halogens is 1. The summed E-state index contributed by atoms with van der Waals surface area (Å²) >= 11 is 3.33. The van der Waals surface area contributed by atoms with Crippen LogP contribution in [0.15, 0.2) is 62.2 Å². The number of hydrogen-bond acceptors (Lipinski definition) is 6. The molecule has 166 valence electrons. The Morgan fingerprint density at radius 3 is 2.47 bits per heavy atom. The van der Waals surface area contributed by atoms with Crippen LogP contribution in [0.2, 0.25) is 0 Å². The Bertz CT molecular complexity index is 1180. The predicted octanol–water partition coefficient (Wildman–Crippen LogP) is 4.60. The second-order valence-electron chi connectivity index (χ2n) is 7.67. The molecule has 7 nitrogen and oxygen atoms in total. The molecule has 1 aliphatic rings. The number of esters is 1. The van der Waals surface area contributed by atoms with E-state index < -0.39 is 17.5 Å². The van der Waals surface area contributed by atoms with Gasteiger partial charge in [0.15, 0.2) is 6.61 Å². The van der Waals surface area contributed by atoms with E-state index in [1.165, 1.54) is 18.6 Å². The van der Waals surface area contributed by atoms with Crippen molar-refractivity contribution in [3.05, 3.63) is 69.0 Å². The molecule has 2 aromatic carbocycles. The van der Waals surface area contributed by atoms with Gasteiger partial charge in [-0.3, -0.25) is 4.79 Å². The fourth-order valence-corrected chi connectivity index (χ4v) is 3.92. The van der Waals surface area contributed by atoms with Crippen LogP contribution in [-0.4, -0.2) is 24.5 Å². The monoisotopic (exact) mass is 499 g/mol. The Hall–Kier alpha value is -3.13. The number of amides is 1. The third-order valence-corrected chi connectivity index (χ3v) is 5.82. The zero-order valence-corrected chi connectivity index (χ0v) is 18.9. The van der Waals surface area contributed by atoms with Gasteiger partial charge in [0.05, 0.1) is 0 Å². The third-order valence-electron chi connectivity index (χ3n) is 5.29. The summed E-state index contributed by atoms with van der Waals surface area (Å²) in [6.07, 6.45) is 5.17. The number of hydrogen-bond donors (Lipinski definition) is 1. The van der Waals surface area contributed by atoms with Gasteiger partial charge in [0.2, 0.25) is 0 Å². The number of benzene rings is 2. The normalized spacial score (nSPS) is 14.2. The highest BCUT2D eigenvalue weighted by atomic mass is 79.9. The molecule has 1 amide bonds. The summed E-state index contributed by atoms with van der Waals surface area (Å²) in [5.74, 6) is -0.274. The van der Waals surface area contributed by atoms with Crippen LogP contribution < -0.4 is 20.4 Å². The van der Waals surface area contributed by atoms with Gasteiger partial charge < -0.3 is 19.2 Å². The average Bonchev–Trinajstić information content (AvgIpc) is 2.79. The predicted molar refractivity (Wildman–Crippen MR) is 122 cm³/mol. The van der Waals surface area contributed by atoms with Crippen LogP contribution in [0.3, 0.4) is 0 Å². The van der Waals surface area contributed by atoms with Gasteiger partial charge in [0.1, 0.15) is 22.6 Å². The van der Waals surface area contributed by atoms with Crippen molar-refractivity contribution in [2.75, 3.05) is 6.61 Å². The molecule has 8 heteroatoms. The number of carbonyl (C=O) groups is 2. The summed E-state index contributed by atoms with van der Waals surface area (Å²) in [6.45, 7) is -0.274. The maximum Gasteiger partial charge on any atom is 0.349 e. The van der Waals surface area contributed by atoms with E-state index in [1.54, 1.807) is 36.4 Å². The first kappa shape index (κ1) is 22.1. The van der Waals surface area contributed by atoms with Gasteiger partial charge in [0.25, 0.3) is 5.91 Å². The van der Waals surface area contributed by atoms with Gasteiger partial charge in [-0.1, -0.05) is 35.2 Å². The van der Waals surface area contributed by atoms with Crippen molar-refractivity contribution in [2.24, 2.45) is 0 Å². The van der Waals surface area contributed by atoms with Crippen molar-refractivity contribution >= 4 is 38.8 Å². The molecule has 1 N–H and O–H groups in total. The highest BCUT2D eigenvalue weighted by Gasteiger charge is 2.20. The molecule has 4 rings (SSSR count). The number of nitrogens with one attached hydrogen (secondary N) is 1. The van der Waals surface area contributed by atoms with E-state index in [2.05, 4.69) is 21.2 Å². The van der Waals surface area contributed by atoms with Gasteiger partial charge >= 0.3 is 11.6 Å². The van der Waals surface area contributed by atoms with Crippen molar-refractivity contribution in [3.8, 4) is 11.5 Å². The Balaban J connectivity index is 1.41. The molecular formula is C24H22BrNO6. The lowest BCUT2D eigenvalue weighted by molar-refractivity contribution is -0.136. The highest BCUT2D eigenvalue weighted by Crippen LogP contribution is 2.22. The van der Waals surface area contributed by atoms with Crippen LogP contribution in [0.1, 0.15) is 42.5 Å². The van der Waals surface area contributed by atoms with E-state index in [0.717, 1.165) is 30.2 Å². The molecule has 1 fully saturated rings.